The van der Waals surface area contributed by atoms with Gasteiger partial charge in [0.15, 0.2) is 0 Å². The van der Waals surface area contributed by atoms with E-state index in [-0.39, 0.29) is 6.04 Å². The van der Waals surface area contributed by atoms with Crippen LogP contribution in [0.25, 0.3) is 0 Å². The predicted octanol–water partition coefficient (Wildman–Crippen LogP) is 3.11. The third-order valence-corrected chi connectivity index (χ3v) is 2.93. The monoisotopic (exact) mass is 205 g/mol. The highest BCUT2D eigenvalue weighted by Gasteiger charge is 2.27. The Bertz CT molecular complexity index is 331. The molecule has 1 aromatic rings. The highest BCUT2D eigenvalue weighted by atomic mass is 16.4. The van der Waals surface area contributed by atoms with Gasteiger partial charge in [-0.2, -0.15) is 0 Å². The molecule has 1 N–H and O–H groups in total. The van der Waals surface area contributed by atoms with E-state index in [4.69, 9.17) is 0 Å². The van der Waals surface area contributed by atoms with Gasteiger partial charge in [0, 0.05) is 11.7 Å². The van der Waals surface area contributed by atoms with Crippen molar-refractivity contribution < 1.29 is 9.90 Å². The van der Waals surface area contributed by atoms with Crippen LogP contribution in [0.1, 0.15) is 25.7 Å². The average Bonchev–Trinajstić information content (AvgIpc) is 2.72. The number of anilines is 1. The van der Waals surface area contributed by atoms with Gasteiger partial charge in [-0.25, -0.2) is 4.79 Å². The Hall–Kier alpha value is -1.51. The van der Waals surface area contributed by atoms with E-state index in [1.165, 1.54) is 4.90 Å². The smallest absolute Gasteiger partial charge is 0.412 e. The summed E-state index contributed by atoms with van der Waals surface area (Å²) in [6, 6.07) is 9.53. The first-order valence-corrected chi connectivity index (χ1v) is 5.36. The Morgan fingerprint density at radius 3 is 2.33 bits per heavy atom. The maximum Gasteiger partial charge on any atom is 0.412 e. The molecule has 0 heterocycles. The Morgan fingerprint density at radius 2 is 1.80 bits per heavy atom. The molecule has 0 aromatic heterocycles. The molecule has 1 aromatic carbocycles. The summed E-state index contributed by atoms with van der Waals surface area (Å²) in [4.78, 5) is 12.7. The van der Waals surface area contributed by atoms with Crippen LogP contribution in [0.5, 0.6) is 0 Å². The molecular weight excluding hydrogens is 190 g/mol. The second-order valence-corrected chi connectivity index (χ2v) is 3.93. The van der Waals surface area contributed by atoms with Crippen molar-refractivity contribution in [3.8, 4) is 0 Å². The number of hydrogen-bond acceptors (Lipinski definition) is 1. The van der Waals surface area contributed by atoms with Gasteiger partial charge in [0.1, 0.15) is 0 Å². The van der Waals surface area contributed by atoms with Crippen LogP contribution in [0.2, 0.25) is 0 Å². The van der Waals surface area contributed by atoms with Crippen molar-refractivity contribution in [2.24, 2.45) is 0 Å². The molecule has 80 valence electrons. The van der Waals surface area contributed by atoms with Gasteiger partial charge in [-0.05, 0) is 25.0 Å². The van der Waals surface area contributed by atoms with Crippen LogP contribution in [0.15, 0.2) is 30.3 Å². The first-order valence-electron chi connectivity index (χ1n) is 5.36. The van der Waals surface area contributed by atoms with Gasteiger partial charge in [-0.3, -0.25) is 4.90 Å². The Labute approximate surface area is 89.3 Å². The van der Waals surface area contributed by atoms with Crippen molar-refractivity contribution in [3.63, 3.8) is 0 Å². The number of benzene rings is 1. The summed E-state index contributed by atoms with van der Waals surface area (Å²) in [6.07, 6.45) is 3.42. The summed E-state index contributed by atoms with van der Waals surface area (Å²) in [7, 11) is 0. The second-order valence-electron chi connectivity index (χ2n) is 3.93. The molecule has 0 saturated heterocycles. The first kappa shape index (κ1) is 10.0. The highest BCUT2D eigenvalue weighted by molar-refractivity contribution is 5.86. The molecule has 0 aliphatic heterocycles. The van der Waals surface area contributed by atoms with Crippen molar-refractivity contribution in [2.75, 3.05) is 4.90 Å². The molecule has 3 heteroatoms. The molecule has 1 fully saturated rings. The minimum absolute atomic E-state index is 0.171. The van der Waals surface area contributed by atoms with Crippen molar-refractivity contribution in [2.45, 2.75) is 31.7 Å². The van der Waals surface area contributed by atoms with Crippen LogP contribution in [0.4, 0.5) is 10.5 Å². The molecule has 2 rings (SSSR count). The number of nitrogens with zero attached hydrogens (tertiary/aromatic N) is 1. The number of rotatable bonds is 2. The van der Waals surface area contributed by atoms with Crippen LogP contribution in [-0.2, 0) is 0 Å². The molecule has 15 heavy (non-hydrogen) atoms. The van der Waals surface area contributed by atoms with E-state index in [1.807, 2.05) is 30.3 Å². The van der Waals surface area contributed by atoms with Crippen LogP contribution < -0.4 is 4.90 Å². The van der Waals surface area contributed by atoms with Gasteiger partial charge in [0.2, 0.25) is 0 Å². The lowest BCUT2D eigenvalue weighted by Gasteiger charge is -2.25. The summed E-state index contributed by atoms with van der Waals surface area (Å²) in [5.74, 6) is 0. The van der Waals surface area contributed by atoms with Gasteiger partial charge in [-0.1, -0.05) is 31.0 Å². The first-order chi connectivity index (χ1) is 7.29. The minimum atomic E-state index is -0.840. The molecule has 1 saturated carbocycles. The summed E-state index contributed by atoms with van der Waals surface area (Å²) >= 11 is 0. The largest absolute Gasteiger partial charge is 0.465 e. The number of amides is 1. The zero-order valence-electron chi connectivity index (χ0n) is 8.60. The van der Waals surface area contributed by atoms with E-state index in [1.54, 1.807) is 0 Å². The maximum atomic E-state index is 11.2. The van der Waals surface area contributed by atoms with Gasteiger partial charge >= 0.3 is 6.09 Å². The fraction of sp³-hybridized carbons (Fsp3) is 0.417. The molecular formula is C12H15NO2. The normalized spacial score (nSPS) is 16.5. The van der Waals surface area contributed by atoms with E-state index >= 15 is 0 Å². The van der Waals surface area contributed by atoms with Gasteiger partial charge in [-0.15, -0.1) is 0 Å². The Balaban J connectivity index is 2.23. The summed E-state index contributed by atoms with van der Waals surface area (Å²) in [6.45, 7) is 0. The molecule has 0 radical (unpaired) electrons. The van der Waals surface area contributed by atoms with Crippen molar-refractivity contribution in [3.05, 3.63) is 30.3 Å². The van der Waals surface area contributed by atoms with Gasteiger partial charge < -0.3 is 5.11 Å². The Morgan fingerprint density at radius 1 is 1.20 bits per heavy atom. The molecule has 1 aliphatic carbocycles. The van der Waals surface area contributed by atoms with Crippen LogP contribution in [0, 0.1) is 0 Å². The third kappa shape index (κ3) is 2.12. The number of para-hydroxylation sites is 1. The van der Waals surface area contributed by atoms with Crippen LogP contribution in [0.3, 0.4) is 0 Å². The molecule has 1 amide bonds. The molecule has 0 unspecified atom stereocenters. The van der Waals surface area contributed by atoms with Crippen LogP contribution >= 0.6 is 0 Å². The zero-order valence-corrected chi connectivity index (χ0v) is 8.60. The van der Waals surface area contributed by atoms with Crippen LogP contribution in [-0.4, -0.2) is 17.2 Å². The summed E-state index contributed by atoms with van der Waals surface area (Å²) in [5, 5.41) is 9.21. The lowest BCUT2D eigenvalue weighted by Crippen LogP contribution is -2.37. The number of hydrogen-bond donors (Lipinski definition) is 1. The van der Waals surface area contributed by atoms with E-state index < -0.39 is 6.09 Å². The number of carboxylic acid groups (broad SMARTS) is 1. The molecule has 3 nitrogen and oxygen atoms in total. The van der Waals surface area contributed by atoms with E-state index in [0.29, 0.717) is 0 Å². The van der Waals surface area contributed by atoms with E-state index in [0.717, 1.165) is 31.4 Å². The van der Waals surface area contributed by atoms with Gasteiger partial charge in [0.25, 0.3) is 0 Å². The SMILES string of the molecule is O=C(O)N(c1ccccc1)C1CCCC1. The maximum absolute atomic E-state index is 11.2. The van der Waals surface area contributed by atoms with Gasteiger partial charge in [0.05, 0.1) is 0 Å². The average molecular weight is 205 g/mol. The summed E-state index contributed by atoms with van der Waals surface area (Å²) in [5.41, 5.74) is 0.789. The minimum Gasteiger partial charge on any atom is -0.465 e. The third-order valence-electron chi connectivity index (χ3n) is 2.93. The van der Waals surface area contributed by atoms with E-state index in [2.05, 4.69) is 0 Å². The Kier molecular flexibility index (Phi) is 2.90. The van der Waals surface area contributed by atoms with E-state index in [9.17, 15) is 9.90 Å². The quantitative estimate of drug-likeness (QED) is 0.805. The fourth-order valence-corrected chi connectivity index (χ4v) is 2.23. The molecule has 1 aliphatic rings. The van der Waals surface area contributed by atoms with Crippen molar-refractivity contribution in [1.29, 1.82) is 0 Å². The zero-order chi connectivity index (χ0) is 10.7. The van der Waals surface area contributed by atoms with Crippen molar-refractivity contribution >= 4 is 11.8 Å². The molecule has 0 atom stereocenters. The molecule has 0 spiro atoms. The lowest BCUT2D eigenvalue weighted by atomic mass is 10.2. The van der Waals surface area contributed by atoms with Crippen molar-refractivity contribution in [1.82, 2.24) is 0 Å². The topological polar surface area (TPSA) is 40.5 Å². The predicted molar refractivity (Wildman–Crippen MR) is 59.2 cm³/mol. The highest BCUT2D eigenvalue weighted by Crippen LogP contribution is 2.28. The second kappa shape index (κ2) is 4.34. The fourth-order valence-electron chi connectivity index (χ4n) is 2.23. The number of carbonyl (C=O) groups is 1. The standard InChI is InChI=1S/C12H15NO2/c14-12(15)13(11-8-4-5-9-11)10-6-2-1-3-7-10/h1-3,6-7,11H,4-5,8-9H2,(H,14,15). The molecule has 0 bridgehead atoms. The summed E-state index contributed by atoms with van der Waals surface area (Å²) < 4.78 is 0. The lowest BCUT2D eigenvalue weighted by molar-refractivity contribution is 0.199.